The molecule has 0 amide bonds. The lowest BCUT2D eigenvalue weighted by molar-refractivity contribution is 0.0604. The largest absolute Gasteiger partial charge is 0.380 e. The number of hydrogen-bond donors (Lipinski definition) is 1. The van der Waals surface area contributed by atoms with E-state index in [2.05, 4.69) is 38.0 Å². The molecule has 114 valence electrons. The Morgan fingerprint density at radius 3 is 2.58 bits per heavy atom. The van der Waals surface area contributed by atoms with Gasteiger partial charge >= 0.3 is 0 Å². The lowest BCUT2D eigenvalue weighted by Crippen LogP contribution is -2.53. The summed E-state index contributed by atoms with van der Waals surface area (Å²) < 4.78 is 5.54. The van der Waals surface area contributed by atoms with Crippen molar-refractivity contribution in [3.8, 4) is 0 Å². The van der Waals surface area contributed by atoms with Crippen molar-refractivity contribution >= 4 is 0 Å². The highest BCUT2D eigenvalue weighted by molar-refractivity contribution is 4.90. The first-order valence-electron chi connectivity index (χ1n) is 8.25. The molecule has 19 heavy (non-hydrogen) atoms. The molecule has 1 saturated carbocycles. The number of likely N-dealkylation sites (N-methyl/N-ethyl adjacent to an activating group) is 2. The number of hydrogen-bond acceptors (Lipinski definition) is 3. The standard InChI is InChI=1S/C16H34N2O/c1-5-8-14-9-10-15(17-4)16(13-14)18(6-2)11-12-19-7-3/h14-17H,5-13H2,1-4H3. The molecular weight excluding hydrogens is 236 g/mol. The molecule has 0 aromatic carbocycles. The zero-order valence-electron chi connectivity index (χ0n) is 13.5. The van der Waals surface area contributed by atoms with Gasteiger partial charge in [0.15, 0.2) is 0 Å². The molecule has 0 saturated heterocycles. The van der Waals surface area contributed by atoms with Gasteiger partial charge in [-0.3, -0.25) is 4.90 Å². The molecule has 3 unspecified atom stereocenters. The number of ether oxygens (including phenoxy) is 1. The Labute approximate surface area is 120 Å². The van der Waals surface area contributed by atoms with Crippen molar-refractivity contribution in [1.82, 2.24) is 10.2 Å². The van der Waals surface area contributed by atoms with Crippen LogP contribution < -0.4 is 5.32 Å². The second-order valence-electron chi connectivity index (χ2n) is 5.76. The maximum absolute atomic E-state index is 5.54. The second kappa shape index (κ2) is 9.73. The van der Waals surface area contributed by atoms with Gasteiger partial charge in [0.1, 0.15) is 0 Å². The fourth-order valence-electron chi connectivity index (χ4n) is 3.53. The average molecular weight is 270 g/mol. The summed E-state index contributed by atoms with van der Waals surface area (Å²) in [5.41, 5.74) is 0. The fourth-order valence-corrected chi connectivity index (χ4v) is 3.53. The van der Waals surface area contributed by atoms with Gasteiger partial charge in [0.25, 0.3) is 0 Å². The summed E-state index contributed by atoms with van der Waals surface area (Å²) >= 11 is 0. The summed E-state index contributed by atoms with van der Waals surface area (Å²) in [7, 11) is 2.12. The normalized spacial score (nSPS) is 27.9. The summed E-state index contributed by atoms with van der Waals surface area (Å²) in [5.74, 6) is 0.931. The molecule has 1 aliphatic carbocycles. The van der Waals surface area contributed by atoms with E-state index in [0.717, 1.165) is 32.2 Å². The molecule has 1 N–H and O–H groups in total. The van der Waals surface area contributed by atoms with Crippen LogP contribution in [0.3, 0.4) is 0 Å². The quantitative estimate of drug-likeness (QED) is 0.652. The van der Waals surface area contributed by atoms with Gasteiger partial charge in [-0.15, -0.1) is 0 Å². The summed E-state index contributed by atoms with van der Waals surface area (Å²) in [6.45, 7) is 10.6. The first-order chi connectivity index (χ1) is 9.26. The number of rotatable bonds is 9. The van der Waals surface area contributed by atoms with Gasteiger partial charge in [-0.05, 0) is 45.7 Å². The van der Waals surface area contributed by atoms with Gasteiger partial charge in [-0.25, -0.2) is 0 Å². The highest BCUT2D eigenvalue weighted by Gasteiger charge is 2.32. The van der Waals surface area contributed by atoms with Crippen LogP contribution in [-0.4, -0.2) is 50.3 Å². The molecule has 0 heterocycles. The van der Waals surface area contributed by atoms with Gasteiger partial charge in [-0.1, -0.05) is 26.7 Å². The highest BCUT2D eigenvalue weighted by atomic mass is 16.5. The predicted molar refractivity (Wildman–Crippen MR) is 82.6 cm³/mol. The molecule has 3 heteroatoms. The molecule has 3 atom stereocenters. The van der Waals surface area contributed by atoms with Gasteiger partial charge in [-0.2, -0.15) is 0 Å². The van der Waals surface area contributed by atoms with Crippen molar-refractivity contribution in [1.29, 1.82) is 0 Å². The van der Waals surface area contributed by atoms with E-state index in [4.69, 9.17) is 4.74 Å². The lowest BCUT2D eigenvalue weighted by atomic mass is 9.79. The molecular formula is C16H34N2O. The van der Waals surface area contributed by atoms with Crippen LogP contribution in [0.2, 0.25) is 0 Å². The topological polar surface area (TPSA) is 24.5 Å². The van der Waals surface area contributed by atoms with Gasteiger partial charge in [0.2, 0.25) is 0 Å². The van der Waals surface area contributed by atoms with E-state index < -0.39 is 0 Å². The summed E-state index contributed by atoms with van der Waals surface area (Å²) in [4.78, 5) is 2.62. The third kappa shape index (κ3) is 5.41. The van der Waals surface area contributed by atoms with Crippen molar-refractivity contribution in [2.45, 2.75) is 65.0 Å². The Balaban J connectivity index is 2.55. The van der Waals surface area contributed by atoms with Gasteiger partial charge in [0, 0.05) is 25.2 Å². The van der Waals surface area contributed by atoms with Crippen molar-refractivity contribution < 1.29 is 4.74 Å². The molecule has 3 nitrogen and oxygen atoms in total. The molecule has 0 bridgehead atoms. The van der Waals surface area contributed by atoms with Crippen molar-refractivity contribution in [3.05, 3.63) is 0 Å². The molecule has 1 fully saturated rings. The lowest BCUT2D eigenvalue weighted by Gasteiger charge is -2.42. The van der Waals surface area contributed by atoms with Crippen molar-refractivity contribution in [2.75, 3.05) is 33.4 Å². The van der Waals surface area contributed by atoms with E-state index in [0.29, 0.717) is 12.1 Å². The minimum atomic E-state index is 0.662. The first kappa shape index (κ1) is 16.9. The van der Waals surface area contributed by atoms with Crippen LogP contribution in [0.5, 0.6) is 0 Å². The van der Waals surface area contributed by atoms with Gasteiger partial charge < -0.3 is 10.1 Å². The van der Waals surface area contributed by atoms with Crippen molar-refractivity contribution in [2.24, 2.45) is 5.92 Å². The van der Waals surface area contributed by atoms with Crippen molar-refractivity contribution in [3.63, 3.8) is 0 Å². The minimum Gasteiger partial charge on any atom is -0.380 e. The van der Waals surface area contributed by atoms with Crippen LogP contribution in [0.25, 0.3) is 0 Å². The van der Waals surface area contributed by atoms with Crippen LogP contribution >= 0.6 is 0 Å². The number of nitrogens with zero attached hydrogens (tertiary/aromatic N) is 1. The fraction of sp³-hybridized carbons (Fsp3) is 1.00. The van der Waals surface area contributed by atoms with E-state index in [9.17, 15) is 0 Å². The average Bonchev–Trinajstić information content (AvgIpc) is 2.44. The molecule has 0 aliphatic heterocycles. The van der Waals surface area contributed by atoms with Crippen LogP contribution in [0.4, 0.5) is 0 Å². The molecule has 1 rings (SSSR count). The summed E-state index contributed by atoms with van der Waals surface area (Å²) in [6.07, 6.45) is 6.82. The molecule has 0 aromatic rings. The third-order valence-electron chi connectivity index (χ3n) is 4.60. The third-order valence-corrected chi connectivity index (χ3v) is 4.60. The Morgan fingerprint density at radius 1 is 1.21 bits per heavy atom. The van der Waals surface area contributed by atoms with E-state index in [-0.39, 0.29) is 0 Å². The maximum atomic E-state index is 5.54. The monoisotopic (exact) mass is 270 g/mol. The molecule has 0 radical (unpaired) electrons. The Bertz CT molecular complexity index is 223. The van der Waals surface area contributed by atoms with E-state index in [1.807, 2.05) is 0 Å². The Hall–Kier alpha value is -0.120. The van der Waals surface area contributed by atoms with E-state index in [1.165, 1.54) is 32.1 Å². The molecule has 1 aliphatic rings. The Kier molecular flexibility index (Phi) is 8.67. The smallest absolute Gasteiger partial charge is 0.0593 e. The second-order valence-corrected chi connectivity index (χ2v) is 5.76. The van der Waals surface area contributed by atoms with Crippen LogP contribution in [-0.2, 0) is 4.74 Å². The first-order valence-corrected chi connectivity index (χ1v) is 8.25. The van der Waals surface area contributed by atoms with E-state index >= 15 is 0 Å². The number of nitrogens with one attached hydrogen (secondary N) is 1. The highest BCUT2D eigenvalue weighted by Crippen LogP contribution is 2.30. The zero-order chi connectivity index (χ0) is 14.1. The Morgan fingerprint density at radius 2 is 2.00 bits per heavy atom. The maximum Gasteiger partial charge on any atom is 0.0593 e. The van der Waals surface area contributed by atoms with Gasteiger partial charge in [0.05, 0.1) is 6.61 Å². The molecule has 0 aromatic heterocycles. The van der Waals surface area contributed by atoms with Crippen LogP contribution in [0.15, 0.2) is 0 Å². The summed E-state index contributed by atoms with van der Waals surface area (Å²) in [6, 6.07) is 1.36. The zero-order valence-corrected chi connectivity index (χ0v) is 13.5. The van der Waals surface area contributed by atoms with E-state index in [1.54, 1.807) is 0 Å². The van der Waals surface area contributed by atoms with Crippen LogP contribution in [0, 0.1) is 5.92 Å². The minimum absolute atomic E-state index is 0.662. The SMILES string of the molecule is CCCC1CCC(NC)C(N(CC)CCOCC)C1. The van der Waals surface area contributed by atoms with Crippen LogP contribution in [0.1, 0.15) is 52.9 Å². The predicted octanol–water partition coefficient (Wildman–Crippen LogP) is 2.90. The molecule has 0 spiro atoms. The summed E-state index contributed by atoms with van der Waals surface area (Å²) in [5, 5.41) is 3.54.